The van der Waals surface area contributed by atoms with E-state index in [2.05, 4.69) is 22.9 Å². The van der Waals surface area contributed by atoms with Gasteiger partial charge in [-0.2, -0.15) is 0 Å². The minimum atomic E-state index is 0.0819. The largest absolute Gasteiger partial charge is 0.315 e. The molecule has 0 aliphatic carbocycles. The summed E-state index contributed by atoms with van der Waals surface area (Å²) in [6, 6.07) is 3.70. The van der Waals surface area contributed by atoms with Gasteiger partial charge < -0.3 is 4.57 Å². The topological polar surface area (TPSA) is 22.0 Å². The maximum absolute atomic E-state index is 11.7. The molecule has 0 bridgehead atoms. The van der Waals surface area contributed by atoms with Gasteiger partial charge in [0, 0.05) is 12.7 Å². The Morgan fingerprint density at radius 3 is 2.47 bits per heavy atom. The molecule has 0 spiro atoms. The highest BCUT2D eigenvalue weighted by Gasteiger charge is 1.99. The molecular weight excluding hydrogens is 278 g/mol. The van der Waals surface area contributed by atoms with Crippen molar-refractivity contribution in [1.82, 2.24) is 4.57 Å². The number of rotatable bonds is 8. The van der Waals surface area contributed by atoms with Gasteiger partial charge in [-0.3, -0.25) is 4.79 Å². The molecule has 1 aromatic heterocycles. The maximum Gasteiger partial charge on any atom is 0.264 e. The second-order valence-electron chi connectivity index (χ2n) is 4.48. The molecule has 96 valence electrons. The minimum absolute atomic E-state index is 0.0819. The zero-order chi connectivity index (χ0) is 12.5. The fourth-order valence-electron chi connectivity index (χ4n) is 1.92. The molecule has 0 saturated heterocycles. The first-order valence-electron chi connectivity index (χ1n) is 6.60. The van der Waals surface area contributed by atoms with Gasteiger partial charge in [0.05, 0.1) is 4.47 Å². The third-order valence-corrected chi connectivity index (χ3v) is 3.58. The number of hydrogen-bond acceptors (Lipinski definition) is 1. The molecule has 0 amide bonds. The van der Waals surface area contributed by atoms with E-state index in [0.29, 0.717) is 4.47 Å². The Morgan fingerprint density at radius 2 is 1.76 bits per heavy atom. The second-order valence-corrected chi connectivity index (χ2v) is 5.33. The predicted octanol–water partition coefficient (Wildman–Crippen LogP) is 4.36. The molecular formula is C14H22BrNO. The minimum Gasteiger partial charge on any atom is -0.315 e. The molecule has 0 unspecified atom stereocenters. The summed E-state index contributed by atoms with van der Waals surface area (Å²) in [4.78, 5) is 11.7. The summed E-state index contributed by atoms with van der Waals surface area (Å²) in [6.07, 6.45) is 10.8. The molecule has 1 heterocycles. The SMILES string of the molecule is CCCCCCCCCn1cccc(Br)c1=O. The Kier molecular flexibility index (Phi) is 7.25. The van der Waals surface area contributed by atoms with Gasteiger partial charge in [0.1, 0.15) is 0 Å². The first-order valence-corrected chi connectivity index (χ1v) is 7.40. The molecule has 0 aliphatic rings. The molecule has 17 heavy (non-hydrogen) atoms. The van der Waals surface area contributed by atoms with Crippen molar-refractivity contribution in [2.75, 3.05) is 0 Å². The third kappa shape index (κ3) is 5.53. The molecule has 2 nitrogen and oxygen atoms in total. The van der Waals surface area contributed by atoms with Crippen LogP contribution in [0.25, 0.3) is 0 Å². The second kappa shape index (κ2) is 8.51. The molecule has 1 rings (SSSR count). The Bertz CT molecular complexity index is 373. The standard InChI is InChI=1S/C14H22BrNO/c1-2-3-4-5-6-7-8-11-16-12-9-10-13(15)14(16)17/h9-10,12H,2-8,11H2,1H3. The summed E-state index contributed by atoms with van der Waals surface area (Å²) >= 11 is 3.26. The number of aryl methyl sites for hydroxylation is 1. The Labute approximate surface area is 112 Å². The van der Waals surface area contributed by atoms with Crippen LogP contribution in [0.4, 0.5) is 0 Å². The van der Waals surface area contributed by atoms with E-state index in [1.54, 1.807) is 10.6 Å². The molecule has 0 atom stereocenters. The zero-order valence-electron chi connectivity index (χ0n) is 10.6. The van der Waals surface area contributed by atoms with Crippen LogP contribution in [-0.4, -0.2) is 4.57 Å². The lowest BCUT2D eigenvalue weighted by Crippen LogP contribution is -2.19. The van der Waals surface area contributed by atoms with E-state index >= 15 is 0 Å². The lowest BCUT2D eigenvalue weighted by Gasteiger charge is -2.05. The Hall–Kier alpha value is -0.570. The van der Waals surface area contributed by atoms with Crippen molar-refractivity contribution in [2.24, 2.45) is 0 Å². The van der Waals surface area contributed by atoms with Crippen LogP contribution in [0.2, 0.25) is 0 Å². The van der Waals surface area contributed by atoms with Crippen LogP contribution in [0.3, 0.4) is 0 Å². The summed E-state index contributed by atoms with van der Waals surface area (Å²) in [7, 11) is 0. The maximum atomic E-state index is 11.7. The number of pyridine rings is 1. The molecule has 0 aromatic carbocycles. The van der Waals surface area contributed by atoms with Gasteiger partial charge >= 0.3 is 0 Å². The van der Waals surface area contributed by atoms with Gasteiger partial charge in [0.15, 0.2) is 0 Å². The highest BCUT2D eigenvalue weighted by atomic mass is 79.9. The van der Waals surface area contributed by atoms with Crippen LogP contribution >= 0.6 is 15.9 Å². The lowest BCUT2D eigenvalue weighted by atomic mass is 10.1. The van der Waals surface area contributed by atoms with Crippen molar-refractivity contribution >= 4 is 15.9 Å². The highest BCUT2D eigenvalue weighted by Crippen LogP contribution is 2.08. The summed E-state index contributed by atoms with van der Waals surface area (Å²) in [5, 5.41) is 0. The van der Waals surface area contributed by atoms with Crippen LogP contribution in [0.15, 0.2) is 27.6 Å². The van der Waals surface area contributed by atoms with Gasteiger partial charge in [-0.1, -0.05) is 45.4 Å². The molecule has 1 aromatic rings. The molecule has 0 N–H and O–H groups in total. The quantitative estimate of drug-likeness (QED) is 0.654. The van der Waals surface area contributed by atoms with Crippen molar-refractivity contribution in [3.05, 3.63) is 33.2 Å². The Balaban J connectivity index is 2.18. The fourth-order valence-corrected chi connectivity index (χ4v) is 2.30. The molecule has 0 radical (unpaired) electrons. The van der Waals surface area contributed by atoms with E-state index in [1.165, 1.54) is 38.5 Å². The van der Waals surface area contributed by atoms with Crippen molar-refractivity contribution in [3.63, 3.8) is 0 Å². The van der Waals surface area contributed by atoms with Crippen molar-refractivity contribution in [2.45, 2.75) is 58.4 Å². The molecule has 0 saturated carbocycles. The van der Waals surface area contributed by atoms with Crippen LogP contribution in [0.5, 0.6) is 0 Å². The summed E-state index contributed by atoms with van der Waals surface area (Å²) in [5.41, 5.74) is 0.0819. The normalized spacial score (nSPS) is 10.7. The van der Waals surface area contributed by atoms with Crippen molar-refractivity contribution in [3.8, 4) is 0 Å². The van der Waals surface area contributed by atoms with Gasteiger partial charge in [-0.25, -0.2) is 0 Å². The van der Waals surface area contributed by atoms with Gasteiger partial charge in [-0.05, 0) is 34.5 Å². The summed E-state index contributed by atoms with van der Waals surface area (Å²) in [6.45, 7) is 3.08. The third-order valence-electron chi connectivity index (χ3n) is 2.98. The van der Waals surface area contributed by atoms with E-state index in [1.807, 2.05) is 12.3 Å². The van der Waals surface area contributed by atoms with E-state index in [-0.39, 0.29) is 5.56 Å². The molecule has 0 fully saturated rings. The van der Waals surface area contributed by atoms with E-state index in [4.69, 9.17) is 0 Å². The molecule has 3 heteroatoms. The predicted molar refractivity (Wildman–Crippen MR) is 76.4 cm³/mol. The first kappa shape index (κ1) is 14.5. The number of unbranched alkanes of at least 4 members (excludes halogenated alkanes) is 6. The number of hydrogen-bond donors (Lipinski definition) is 0. The van der Waals surface area contributed by atoms with Gasteiger partial charge in [0.25, 0.3) is 5.56 Å². The average molecular weight is 300 g/mol. The van der Waals surface area contributed by atoms with Crippen LogP contribution < -0.4 is 5.56 Å². The average Bonchev–Trinajstić information content (AvgIpc) is 2.33. The first-order chi connectivity index (χ1) is 8.25. The summed E-state index contributed by atoms with van der Waals surface area (Å²) < 4.78 is 2.44. The van der Waals surface area contributed by atoms with Crippen LogP contribution in [0.1, 0.15) is 51.9 Å². The van der Waals surface area contributed by atoms with E-state index in [9.17, 15) is 4.79 Å². The lowest BCUT2D eigenvalue weighted by molar-refractivity contribution is 0.542. The fraction of sp³-hybridized carbons (Fsp3) is 0.643. The van der Waals surface area contributed by atoms with Crippen molar-refractivity contribution < 1.29 is 0 Å². The number of aromatic nitrogens is 1. The smallest absolute Gasteiger partial charge is 0.264 e. The van der Waals surface area contributed by atoms with E-state index < -0.39 is 0 Å². The van der Waals surface area contributed by atoms with Gasteiger partial charge in [0.2, 0.25) is 0 Å². The van der Waals surface area contributed by atoms with Gasteiger partial charge in [-0.15, -0.1) is 0 Å². The number of nitrogens with zero attached hydrogens (tertiary/aromatic N) is 1. The Morgan fingerprint density at radius 1 is 1.12 bits per heavy atom. The molecule has 0 aliphatic heterocycles. The zero-order valence-corrected chi connectivity index (χ0v) is 12.2. The number of halogens is 1. The monoisotopic (exact) mass is 299 g/mol. The highest BCUT2D eigenvalue weighted by molar-refractivity contribution is 9.10. The van der Waals surface area contributed by atoms with Crippen LogP contribution in [0, 0.1) is 0 Å². The summed E-state index contributed by atoms with van der Waals surface area (Å²) in [5.74, 6) is 0. The van der Waals surface area contributed by atoms with E-state index in [0.717, 1.165) is 13.0 Å². The van der Waals surface area contributed by atoms with Crippen LogP contribution in [-0.2, 0) is 6.54 Å². The van der Waals surface area contributed by atoms with Crippen molar-refractivity contribution in [1.29, 1.82) is 0 Å².